The number of fused-ring (bicyclic) bond motifs is 1. The van der Waals surface area contributed by atoms with Gasteiger partial charge >= 0.3 is 0 Å². The van der Waals surface area contributed by atoms with E-state index in [0.717, 1.165) is 5.56 Å². The third kappa shape index (κ3) is 3.00. The summed E-state index contributed by atoms with van der Waals surface area (Å²) in [6.07, 6.45) is 0. The number of rotatable bonds is 4. The van der Waals surface area contributed by atoms with Crippen molar-refractivity contribution in [2.75, 3.05) is 6.54 Å². The second-order valence-corrected chi connectivity index (χ2v) is 6.08. The van der Waals surface area contributed by atoms with Crippen LogP contribution in [-0.2, 0) is 5.60 Å². The van der Waals surface area contributed by atoms with Gasteiger partial charge in [-0.1, -0.05) is 35.5 Å². The van der Waals surface area contributed by atoms with Crippen LogP contribution in [0.2, 0.25) is 0 Å². The maximum Gasteiger partial charge on any atom is 0.258 e. The Balaban J connectivity index is 1.85. The predicted molar refractivity (Wildman–Crippen MR) is 89.6 cm³/mol. The van der Waals surface area contributed by atoms with Crippen molar-refractivity contribution in [2.45, 2.75) is 26.4 Å². The maximum atomic E-state index is 12.6. The van der Waals surface area contributed by atoms with E-state index in [2.05, 4.69) is 15.5 Å². The highest BCUT2D eigenvalue weighted by molar-refractivity contribution is 6.06. The van der Waals surface area contributed by atoms with Crippen LogP contribution in [0.15, 0.2) is 40.9 Å². The Labute approximate surface area is 139 Å². The van der Waals surface area contributed by atoms with E-state index in [0.29, 0.717) is 28.1 Å². The van der Waals surface area contributed by atoms with E-state index in [9.17, 15) is 9.90 Å². The molecule has 0 fully saturated rings. The van der Waals surface area contributed by atoms with E-state index in [1.54, 1.807) is 26.8 Å². The number of benzene rings is 1. The number of amides is 1. The normalized spacial score (nSPS) is 13.7. The molecule has 0 bridgehead atoms. The first-order valence-electron chi connectivity index (χ1n) is 7.68. The molecule has 3 rings (SSSR count). The van der Waals surface area contributed by atoms with Gasteiger partial charge < -0.3 is 14.9 Å². The van der Waals surface area contributed by atoms with Crippen LogP contribution >= 0.6 is 0 Å². The van der Waals surface area contributed by atoms with Crippen LogP contribution in [-0.4, -0.2) is 27.7 Å². The van der Waals surface area contributed by atoms with Crippen LogP contribution < -0.4 is 5.32 Å². The summed E-state index contributed by atoms with van der Waals surface area (Å²) in [7, 11) is 0. The first-order valence-corrected chi connectivity index (χ1v) is 7.68. The van der Waals surface area contributed by atoms with Crippen LogP contribution in [0.1, 0.15) is 34.2 Å². The van der Waals surface area contributed by atoms with Gasteiger partial charge in [-0.25, -0.2) is 4.98 Å². The molecule has 0 aliphatic heterocycles. The van der Waals surface area contributed by atoms with Gasteiger partial charge in [0.2, 0.25) is 0 Å². The Bertz CT molecular complexity index is 885. The average molecular weight is 325 g/mol. The number of pyridine rings is 1. The summed E-state index contributed by atoms with van der Waals surface area (Å²) in [5.41, 5.74) is 1.63. The third-order valence-electron chi connectivity index (χ3n) is 3.98. The van der Waals surface area contributed by atoms with Gasteiger partial charge in [0.15, 0.2) is 0 Å². The van der Waals surface area contributed by atoms with Gasteiger partial charge in [0, 0.05) is 5.69 Å². The molecular weight excluding hydrogens is 306 g/mol. The van der Waals surface area contributed by atoms with E-state index in [1.807, 2.05) is 30.3 Å². The molecular formula is C18H19N3O3. The topological polar surface area (TPSA) is 88.2 Å². The van der Waals surface area contributed by atoms with E-state index < -0.39 is 5.60 Å². The molecule has 2 heterocycles. The fourth-order valence-corrected chi connectivity index (χ4v) is 2.64. The van der Waals surface area contributed by atoms with Crippen molar-refractivity contribution in [3.63, 3.8) is 0 Å². The lowest BCUT2D eigenvalue weighted by molar-refractivity contribution is 0.0527. The highest BCUT2D eigenvalue weighted by Gasteiger charge is 2.25. The van der Waals surface area contributed by atoms with Crippen molar-refractivity contribution in [3.05, 3.63) is 58.9 Å². The molecule has 1 unspecified atom stereocenters. The number of carbonyl (C=O) groups excluding carboxylic acids is 1. The van der Waals surface area contributed by atoms with Crippen LogP contribution in [0.3, 0.4) is 0 Å². The van der Waals surface area contributed by atoms with Crippen molar-refractivity contribution in [1.82, 2.24) is 15.5 Å². The summed E-state index contributed by atoms with van der Waals surface area (Å²) in [5.74, 6) is -0.298. The van der Waals surface area contributed by atoms with Crippen molar-refractivity contribution >= 4 is 17.0 Å². The van der Waals surface area contributed by atoms with Crippen molar-refractivity contribution in [1.29, 1.82) is 0 Å². The summed E-state index contributed by atoms with van der Waals surface area (Å²) in [6, 6.07) is 10.9. The fraction of sp³-hybridized carbons (Fsp3) is 0.278. The number of nitrogens with one attached hydrogen (secondary N) is 1. The fourth-order valence-electron chi connectivity index (χ4n) is 2.64. The zero-order valence-corrected chi connectivity index (χ0v) is 13.8. The molecule has 3 aromatic rings. The highest BCUT2D eigenvalue weighted by atomic mass is 16.5. The van der Waals surface area contributed by atoms with E-state index >= 15 is 0 Å². The molecule has 0 aliphatic carbocycles. The number of carbonyl (C=O) groups is 1. The standard InChI is InChI=1S/C18H19N3O3/c1-11-9-14(15-12(2)21-24-17(15)20-11)16(22)19-10-18(3,23)13-7-5-4-6-8-13/h4-9,23H,10H2,1-3H3,(H,19,22). The molecule has 0 aliphatic rings. The molecule has 0 radical (unpaired) electrons. The Morgan fingerprint density at radius 1 is 1.29 bits per heavy atom. The minimum atomic E-state index is -1.16. The Hall–Kier alpha value is -2.73. The average Bonchev–Trinajstić information content (AvgIpc) is 2.93. The monoisotopic (exact) mass is 325 g/mol. The van der Waals surface area contributed by atoms with Gasteiger partial charge in [-0.15, -0.1) is 0 Å². The molecule has 6 heteroatoms. The second kappa shape index (κ2) is 6.05. The Kier molecular flexibility index (Phi) is 4.07. The molecule has 0 saturated heterocycles. The molecule has 1 atom stereocenters. The minimum Gasteiger partial charge on any atom is -0.384 e. The number of nitrogens with zero attached hydrogens (tertiary/aromatic N) is 2. The van der Waals surface area contributed by atoms with Gasteiger partial charge in [-0.2, -0.15) is 0 Å². The molecule has 0 saturated carbocycles. The second-order valence-electron chi connectivity index (χ2n) is 6.08. The quantitative estimate of drug-likeness (QED) is 0.769. The van der Waals surface area contributed by atoms with Gasteiger partial charge in [-0.05, 0) is 32.4 Å². The molecule has 2 aromatic heterocycles. The number of hydrogen-bond donors (Lipinski definition) is 2. The molecule has 124 valence electrons. The zero-order valence-electron chi connectivity index (χ0n) is 13.8. The molecule has 2 N–H and O–H groups in total. The lowest BCUT2D eigenvalue weighted by atomic mass is 9.96. The summed E-state index contributed by atoms with van der Waals surface area (Å²) in [4.78, 5) is 16.9. The minimum absolute atomic E-state index is 0.0863. The first kappa shape index (κ1) is 16.1. The van der Waals surface area contributed by atoms with E-state index in [4.69, 9.17) is 4.52 Å². The Morgan fingerprint density at radius 3 is 2.71 bits per heavy atom. The first-order chi connectivity index (χ1) is 11.4. The van der Waals surface area contributed by atoms with Crippen LogP contribution in [0.5, 0.6) is 0 Å². The number of aromatic nitrogens is 2. The summed E-state index contributed by atoms with van der Waals surface area (Å²) in [6.45, 7) is 5.30. The van der Waals surface area contributed by atoms with Gasteiger partial charge in [0.05, 0.1) is 23.2 Å². The Morgan fingerprint density at radius 2 is 2.00 bits per heavy atom. The summed E-state index contributed by atoms with van der Waals surface area (Å²) < 4.78 is 5.14. The van der Waals surface area contributed by atoms with Crippen LogP contribution in [0.25, 0.3) is 11.1 Å². The van der Waals surface area contributed by atoms with E-state index in [-0.39, 0.29) is 12.5 Å². The van der Waals surface area contributed by atoms with Crippen molar-refractivity contribution in [2.24, 2.45) is 0 Å². The van der Waals surface area contributed by atoms with Gasteiger partial charge in [0.25, 0.3) is 11.6 Å². The maximum absolute atomic E-state index is 12.6. The lowest BCUT2D eigenvalue weighted by Gasteiger charge is -2.24. The molecule has 1 amide bonds. The SMILES string of the molecule is Cc1cc(C(=O)NCC(C)(O)c2ccccc2)c2c(C)noc2n1. The van der Waals surface area contributed by atoms with Crippen molar-refractivity contribution in [3.8, 4) is 0 Å². The number of hydrogen-bond acceptors (Lipinski definition) is 5. The van der Waals surface area contributed by atoms with Gasteiger partial charge in [0.1, 0.15) is 5.60 Å². The predicted octanol–water partition coefficient (Wildman–Crippen LogP) is 2.48. The van der Waals surface area contributed by atoms with Crippen LogP contribution in [0.4, 0.5) is 0 Å². The lowest BCUT2D eigenvalue weighted by Crippen LogP contribution is -2.38. The summed E-state index contributed by atoms with van der Waals surface area (Å²) in [5, 5.41) is 17.9. The number of aliphatic hydroxyl groups is 1. The van der Waals surface area contributed by atoms with Crippen LogP contribution in [0, 0.1) is 13.8 Å². The zero-order chi connectivity index (χ0) is 17.3. The molecule has 24 heavy (non-hydrogen) atoms. The highest BCUT2D eigenvalue weighted by Crippen LogP contribution is 2.23. The smallest absolute Gasteiger partial charge is 0.258 e. The molecule has 1 aromatic carbocycles. The van der Waals surface area contributed by atoms with Gasteiger partial charge in [-0.3, -0.25) is 4.79 Å². The van der Waals surface area contributed by atoms with Crippen molar-refractivity contribution < 1.29 is 14.4 Å². The third-order valence-corrected chi connectivity index (χ3v) is 3.98. The largest absolute Gasteiger partial charge is 0.384 e. The van der Waals surface area contributed by atoms with E-state index in [1.165, 1.54) is 0 Å². The number of aryl methyl sites for hydroxylation is 2. The molecule has 6 nitrogen and oxygen atoms in total. The summed E-state index contributed by atoms with van der Waals surface area (Å²) >= 11 is 0. The molecule has 0 spiro atoms.